The molecular formula is C17H20BrNO. The number of methoxy groups -OCH3 is 1. The number of aryl methyl sites for hydroxylation is 2. The van der Waals surface area contributed by atoms with Crippen LogP contribution >= 0.6 is 15.9 Å². The molecule has 106 valence electrons. The number of nitrogens with one attached hydrogen (secondary N) is 1. The minimum Gasteiger partial charge on any atom is -0.496 e. The van der Waals surface area contributed by atoms with E-state index in [1.165, 1.54) is 16.7 Å². The Morgan fingerprint density at radius 1 is 1.10 bits per heavy atom. The monoisotopic (exact) mass is 333 g/mol. The zero-order chi connectivity index (χ0) is 14.7. The van der Waals surface area contributed by atoms with Gasteiger partial charge in [0.2, 0.25) is 0 Å². The molecule has 2 aromatic rings. The quantitative estimate of drug-likeness (QED) is 0.825. The number of anilines is 1. The van der Waals surface area contributed by atoms with Crippen LogP contribution in [0.2, 0.25) is 0 Å². The number of halogens is 1. The van der Waals surface area contributed by atoms with Crippen molar-refractivity contribution in [1.82, 2.24) is 0 Å². The molecule has 1 N–H and O–H groups in total. The molecular weight excluding hydrogens is 314 g/mol. The van der Waals surface area contributed by atoms with Crippen molar-refractivity contribution in [2.75, 3.05) is 12.4 Å². The van der Waals surface area contributed by atoms with Gasteiger partial charge in [0, 0.05) is 15.7 Å². The third kappa shape index (κ3) is 3.34. The van der Waals surface area contributed by atoms with E-state index in [1.807, 2.05) is 6.07 Å². The average molecular weight is 334 g/mol. The Bertz CT molecular complexity index is 610. The molecule has 1 atom stereocenters. The maximum atomic E-state index is 5.46. The minimum absolute atomic E-state index is 0.179. The minimum atomic E-state index is 0.179. The fourth-order valence-corrected chi connectivity index (χ4v) is 2.61. The van der Waals surface area contributed by atoms with Crippen molar-refractivity contribution in [2.45, 2.75) is 26.8 Å². The highest BCUT2D eigenvalue weighted by Crippen LogP contribution is 2.30. The Labute approximate surface area is 129 Å². The lowest BCUT2D eigenvalue weighted by Crippen LogP contribution is -2.09. The zero-order valence-electron chi connectivity index (χ0n) is 12.3. The summed E-state index contributed by atoms with van der Waals surface area (Å²) in [5.41, 5.74) is 4.77. The van der Waals surface area contributed by atoms with Crippen molar-refractivity contribution in [1.29, 1.82) is 0 Å². The van der Waals surface area contributed by atoms with Crippen LogP contribution in [0.3, 0.4) is 0 Å². The summed E-state index contributed by atoms with van der Waals surface area (Å²) in [5.74, 6) is 0.920. The summed E-state index contributed by atoms with van der Waals surface area (Å²) < 4.78 is 6.54. The summed E-state index contributed by atoms with van der Waals surface area (Å²) in [5, 5.41) is 3.56. The molecule has 0 spiro atoms. The van der Waals surface area contributed by atoms with E-state index in [0.29, 0.717) is 0 Å². The van der Waals surface area contributed by atoms with Gasteiger partial charge in [-0.05, 0) is 44.5 Å². The summed E-state index contributed by atoms with van der Waals surface area (Å²) in [4.78, 5) is 0. The molecule has 0 aliphatic heterocycles. The first-order valence-electron chi connectivity index (χ1n) is 6.68. The highest BCUT2D eigenvalue weighted by molar-refractivity contribution is 9.10. The smallest absolute Gasteiger partial charge is 0.124 e. The highest BCUT2D eigenvalue weighted by Gasteiger charge is 2.12. The predicted octanol–water partition coefficient (Wildman–Crippen LogP) is 5.25. The van der Waals surface area contributed by atoms with E-state index in [1.54, 1.807) is 7.11 Å². The second kappa shape index (κ2) is 6.31. The van der Waals surface area contributed by atoms with Crippen LogP contribution in [-0.4, -0.2) is 7.11 Å². The lowest BCUT2D eigenvalue weighted by Gasteiger charge is -2.20. The van der Waals surface area contributed by atoms with Gasteiger partial charge in [0.1, 0.15) is 5.75 Å². The van der Waals surface area contributed by atoms with Crippen molar-refractivity contribution in [3.8, 4) is 5.75 Å². The van der Waals surface area contributed by atoms with Crippen molar-refractivity contribution in [2.24, 2.45) is 0 Å². The van der Waals surface area contributed by atoms with Crippen LogP contribution < -0.4 is 10.1 Å². The largest absolute Gasteiger partial charge is 0.496 e. The number of ether oxygens (including phenoxy) is 1. The van der Waals surface area contributed by atoms with Crippen molar-refractivity contribution >= 4 is 21.6 Å². The molecule has 0 aliphatic rings. The Kier molecular flexibility index (Phi) is 4.71. The molecule has 2 rings (SSSR count). The van der Waals surface area contributed by atoms with Gasteiger partial charge in [-0.15, -0.1) is 0 Å². The molecule has 0 aliphatic carbocycles. The van der Waals surface area contributed by atoms with Crippen LogP contribution in [0.25, 0.3) is 0 Å². The Morgan fingerprint density at radius 2 is 1.85 bits per heavy atom. The first-order chi connectivity index (χ1) is 9.51. The van der Waals surface area contributed by atoms with Gasteiger partial charge in [-0.3, -0.25) is 0 Å². The van der Waals surface area contributed by atoms with Crippen LogP contribution in [0.5, 0.6) is 5.75 Å². The maximum absolute atomic E-state index is 5.46. The summed E-state index contributed by atoms with van der Waals surface area (Å²) in [7, 11) is 1.71. The van der Waals surface area contributed by atoms with Crippen molar-refractivity contribution in [3.05, 3.63) is 57.6 Å². The number of hydrogen-bond acceptors (Lipinski definition) is 2. The van der Waals surface area contributed by atoms with E-state index < -0.39 is 0 Å². The van der Waals surface area contributed by atoms with E-state index in [2.05, 4.69) is 72.3 Å². The summed E-state index contributed by atoms with van der Waals surface area (Å²) >= 11 is 3.52. The average Bonchev–Trinajstić information content (AvgIpc) is 2.42. The number of benzene rings is 2. The molecule has 1 unspecified atom stereocenters. The first kappa shape index (κ1) is 14.9. The molecule has 3 heteroatoms. The van der Waals surface area contributed by atoms with Gasteiger partial charge in [-0.1, -0.05) is 39.7 Å². The molecule has 0 radical (unpaired) electrons. The van der Waals surface area contributed by atoms with Gasteiger partial charge < -0.3 is 10.1 Å². The van der Waals surface area contributed by atoms with Gasteiger partial charge in [-0.25, -0.2) is 0 Å². The van der Waals surface area contributed by atoms with Crippen LogP contribution in [0, 0.1) is 13.8 Å². The second-order valence-electron chi connectivity index (χ2n) is 5.07. The van der Waals surface area contributed by atoms with Gasteiger partial charge >= 0.3 is 0 Å². The molecule has 2 aromatic carbocycles. The van der Waals surface area contributed by atoms with Crippen LogP contribution in [0.15, 0.2) is 40.9 Å². The van der Waals surface area contributed by atoms with E-state index in [9.17, 15) is 0 Å². The molecule has 0 aromatic heterocycles. The van der Waals surface area contributed by atoms with Gasteiger partial charge in [0.25, 0.3) is 0 Å². The van der Waals surface area contributed by atoms with Crippen LogP contribution in [-0.2, 0) is 0 Å². The van der Waals surface area contributed by atoms with Gasteiger partial charge in [0.05, 0.1) is 13.2 Å². The van der Waals surface area contributed by atoms with E-state index in [0.717, 1.165) is 15.9 Å². The molecule has 0 heterocycles. The highest BCUT2D eigenvalue weighted by atomic mass is 79.9. The normalized spacial score (nSPS) is 12.1. The fraction of sp³-hybridized carbons (Fsp3) is 0.294. The van der Waals surface area contributed by atoms with E-state index >= 15 is 0 Å². The molecule has 0 amide bonds. The first-order valence-corrected chi connectivity index (χ1v) is 7.48. The van der Waals surface area contributed by atoms with E-state index in [-0.39, 0.29) is 6.04 Å². The Morgan fingerprint density at radius 3 is 2.55 bits per heavy atom. The fourth-order valence-electron chi connectivity index (χ4n) is 2.25. The summed E-state index contributed by atoms with van der Waals surface area (Å²) in [6.07, 6.45) is 0. The third-order valence-corrected chi connectivity index (χ3v) is 3.92. The number of rotatable bonds is 4. The zero-order valence-corrected chi connectivity index (χ0v) is 13.9. The van der Waals surface area contributed by atoms with Crippen LogP contribution in [0.4, 0.5) is 5.69 Å². The van der Waals surface area contributed by atoms with E-state index in [4.69, 9.17) is 4.74 Å². The SMILES string of the molecule is COc1ccc(C)cc1C(C)Nc1cc(Br)ccc1C. The molecule has 0 saturated carbocycles. The molecule has 0 saturated heterocycles. The molecule has 2 nitrogen and oxygen atoms in total. The molecule has 0 fully saturated rings. The van der Waals surface area contributed by atoms with Gasteiger partial charge in [0.15, 0.2) is 0 Å². The van der Waals surface area contributed by atoms with Crippen molar-refractivity contribution in [3.63, 3.8) is 0 Å². The molecule has 0 bridgehead atoms. The lowest BCUT2D eigenvalue weighted by atomic mass is 10.0. The predicted molar refractivity (Wildman–Crippen MR) is 88.6 cm³/mol. The number of hydrogen-bond donors (Lipinski definition) is 1. The summed E-state index contributed by atoms with van der Waals surface area (Å²) in [6, 6.07) is 12.7. The maximum Gasteiger partial charge on any atom is 0.124 e. The standard InChI is InChI=1S/C17H20BrNO/c1-11-5-8-17(20-4)15(9-11)13(3)19-16-10-14(18)7-6-12(16)2/h5-10,13,19H,1-4H3. The van der Waals surface area contributed by atoms with Gasteiger partial charge in [-0.2, -0.15) is 0 Å². The summed E-state index contributed by atoms with van der Waals surface area (Å²) in [6.45, 7) is 6.35. The Hall–Kier alpha value is -1.48. The lowest BCUT2D eigenvalue weighted by molar-refractivity contribution is 0.408. The second-order valence-corrected chi connectivity index (χ2v) is 5.99. The van der Waals surface area contributed by atoms with Crippen molar-refractivity contribution < 1.29 is 4.74 Å². The third-order valence-electron chi connectivity index (χ3n) is 3.42. The van der Waals surface area contributed by atoms with Crippen LogP contribution in [0.1, 0.15) is 29.7 Å². The molecule has 20 heavy (non-hydrogen) atoms. The topological polar surface area (TPSA) is 21.3 Å². The Balaban J connectivity index is 2.30.